The van der Waals surface area contributed by atoms with Gasteiger partial charge in [0.05, 0.1) is 10.9 Å². The van der Waals surface area contributed by atoms with Crippen LogP contribution < -0.4 is 4.90 Å². The van der Waals surface area contributed by atoms with Gasteiger partial charge in [0.1, 0.15) is 0 Å². The van der Waals surface area contributed by atoms with Gasteiger partial charge in [-0.2, -0.15) is 34.5 Å². The van der Waals surface area contributed by atoms with Gasteiger partial charge in [-0.05, 0) is 42.7 Å². The molecule has 15 heteroatoms. The molecule has 0 aliphatic carbocycles. The molecule has 3 rings (SSSR count). The van der Waals surface area contributed by atoms with Crippen LogP contribution in [0.3, 0.4) is 0 Å². The van der Waals surface area contributed by atoms with Crippen LogP contribution in [0, 0.1) is 5.92 Å². The van der Waals surface area contributed by atoms with Crippen molar-refractivity contribution in [2.24, 2.45) is 5.92 Å². The molecule has 230 valence electrons. The number of benzene rings is 2. The molecular formula is C26H37F3N4O5S3. The maximum atomic E-state index is 13.6. The summed E-state index contributed by atoms with van der Waals surface area (Å²) in [6.07, 6.45) is -4.89. The first-order chi connectivity index (χ1) is 18.8. The third kappa shape index (κ3) is 7.20. The number of thiol groups is 1. The molecule has 0 radical (unpaired) electrons. The van der Waals surface area contributed by atoms with E-state index in [0.29, 0.717) is 12.6 Å². The first-order valence-electron chi connectivity index (χ1n) is 12.9. The van der Waals surface area contributed by atoms with Crippen molar-refractivity contribution in [3.8, 4) is 0 Å². The number of sulfonamides is 1. The Hall–Kier alpha value is -1.88. The summed E-state index contributed by atoms with van der Waals surface area (Å²) in [6, 6.07) is 10.8. The molecule has 0 bridgehead atoms. The Labute approximate surface area is 246 Å². The highest BCUT2D eigenvalue weighted by atomic mass is 32.2. The van der Waals surface area contributed by atoms with E-state index < -0.39 is 38.1 Å². The molecule has 1 aliphatic heterocycles. The molecule has 1 saturated heterocycles. The number of aliphatic hydroxyl groups is 1. The fourth-order valence-electron chi connectivity index (χ4n) is 4.63. The van der Waals surface area contributed by atoms with Crippen LogP contribution in [0.4, 0.5) is 18.9 Å². The van der Waals surface area contributed by atoms with Crippen LogP contribution in [0.5, 0.6) is 0 Å². The number of halogens is 3. The van der Waals surface area contributed by atoms with E-state index in [2.05, 4.69) is 12.6 Å². The van der Waals surface area contributed by atoms with Gasteiger partial charge in [-0.3, -0.25) is 0 Å². The van der Waals surface area contributed by atoms with Crippen LogP contribution in [0.25, 0.3) is 0 Å². The molecule has 1 N–H and O–H groups in total. The average molecular weight is 639 g/mol. The molecule has 0 saturated carbocycles. The Balaban J connectivity index is 2.03. The summed E-state index contributed by atoms with van der Waals surface area (Å²) in [5, 5.41) is 10.1. The largest absolute Gasteiger partial charge is 0.421 e. The summed E-state index contributed by atoms with van der Waals surface area (Å²) in [6.45, 7) is 4.61. The van der Waals surface area contributed by atoms with Crippen LogP contribution in [-0.2, 0) is 25.8 Å². The monoisotopic (exact) mass is 638 g/mol. The van der Waals surface area contributed by atoms with Crippen molar-refractivity contribution in [3.63, 3.8) is 0 Å². The normalized spacial score (nSPS) is 19.2. The number of alkyl halides is 3. The minimum Gasteiger partial charge on any atom is -0.376 e. The Kier molecular flexibility index (Phi) is 10.2. The molecule has 9 nitrogen and oxygen atoms in total. The number of piperazine rings is 1. The van der Waals surface area contributed by atoms with Crippen LogP contribution in [0.2, 0.25) is 0 Å². The molecule has 0 spiro atoms. The summed E-state index contributed by atoms with van der Waals surface area (Å²) >= 11 is 4.30. The van der Waals surface area contributed by atoms with E-state index in [-0.39, 0.29) is 54.0 Å². The van der Waals surface area contributed by atoms with E-state index >= 15 is 0 Å². The van der Waals surface area contributed by atoms with Gasteiger partial charge >= 0.3 is 6.18 Å². The van der Waals surface area contributed by atoms with E-state index in [0.717, 1.165) is 4.31 Å². The van der Waals surface area contributed by atoms with Gasteiger partial charge in [0, 0.05) is 57.4 Å². The third-order valence-corrected chi connectivity index (χ3v) is 11.4. The lowest BCUT2D eigenvalue weighted by Crippen LogP contribution is -2.59. The highest BCUT2D eigenvalue weighted by Crippen LogP contribution is 2.39. The predicted octanol–water partition coefficient (Wildman–Crippen LogP) is 3.39. The second-order valence-corrected chi connectivity index (χ2v) is 15.3. The molecule has 41 heavy (non-hydrogen) atoms. The molecule has 2 aromatic rings. The van der Waals surface area contributed by atoms with Gasteiger partial charge in [-0.25, -0.2) is 8.42 Å². The van der Waals surface area contributed by atoms with Crippen molar-refractivity contribution in [2.45, 2.75) is 48.4 Å². The minimum atomic E-state index is -4.89. The van der Waals surface area contributed by atoms with Crippen LogP contribution >= 0.6 is 12.6 Å². The standard InChI is InChI=1S/C26H37F3N4O5S3/c1-19(2)16-32(41(37,38)30(4)5)18-22-17-31(40(35,36)24-9-7-6-8-23(24)39)14-15-33(22)21-12-10-20(11-13-21)25(3,34)26(27,28)29/h6-13,19,22,34,39H,14-18H2,1-5H3/t22-,25?/m1/s1. The molecular weight excluding hydrogens is 602 g/mol. The maximum Gasteiger partial charge on any atom is 0.421 e. The number of hydrogen-bond donors (Lipinski definition) is 2. The molecule has 0 amide bonds. The van der Waals surface area contributed by atoms with Gasteiger partial charge in [-0.1, -0.05) is 38.1 Å². The van der Waals surface area contributed by atoms with E-state index in [1.54, 1.807) is 23.1 Å². The van der Waals surface area contributed by atoms with E-state index in [4.69, 9.17) is 0 Å². The second-order valence-electron chi connectivity index (χ2n) is 10.8. The van der Waals surface area contributed by atoms with Crippen molar-refractivity contribution < 1.29 is 35.1 Å². The van der Waals surface area contributed by atoms with Gasteiger partial charge in [-0.15, -0.1) is 12.6 Å². The smallest absolute Gasteiger partial charge is 0.376 e. The lowest BCUT2D eigenvalue weighted by Gasteiger charge is -2.44. The van der Waals surface area contributed by atoms with Crippen molar-refractivity contribution in [2.75, 3.05) is 51.7 Å². The van der Waals surface area contributed by atoms with E-state index in [9.17, 15) is 35.1 Å². The molecule has 1 aliphatic rings. The van der Waals surface area contributed by atoms with Crippen molar-refractivity contribution in [1.29, 1.82) is 0 Å². The highest BCUT2D eigenvalue weighted by molar-refractivity contribution is 7.90. The molecule has 0 aromatic heterocycles. The number of hydrogen-bond acceptors (Lipinski definition) is 7. The van der Waals surface area contributed by atoms with Gasteiger partial charge in [0.15, 0.2) is 5.60 Å². The van der Waals surface area contributed by atoms with Crippen molar-refractivity contribution in [1.82, 2.24) is 12.9 Å². The Morgan fingerprint density at radius 2 is 1.61 bits per heavy atom. The summed E-state index contributed by atoms with van der Waals surface area (Å²) in [4.78, 5) is 2.09. The van der Waals surface area contributed by atoms with Crippen LogP contribution in [0.1, 0.15) is 26.3 Å². The van der Waals surface area contributed by atoms with Crippen LogP contribution in [0.15, 0.2) is 58.3 Å². The minimum absolute atomic E-state index is 0.0224. The lowest BCUT2D eigenvalue weighted by atomic mass is 9.95. The summed E-state index contributed by atoms with van der Waals surface area (Å²) in [5.41, 5.74) is -2.95. The van der Waals surface area contributed by atoms with E-state index in [1.165, 1.54) is 53.0 Å². The van der Waals surface area contributed by atoms with Crippen molar-refractivity contribution in [3.05, 3.63) is 54.1 Å². The van der Waals surface area contributed by atoms with Gasteiger partial charge < -0.3 is 10.0 Å². The fourth-order valence-corrected chi connectivity index (χ4v) is 8.00. The molecule has 2 atom stereocenters. The van der Waals surface area contributed by atoms with Gasteiger partial charge in [0.25, 0.3) is 10.2 Å². The Morgan fingerprint density at radius 1 is 1.02 bits per heavy atom. The van der Waals surface area contributed by atoms with Gasteiger partial charge in [0.2, 0.25) is 10.0 Å². The second kappa shape index (κ2) is 12.4. The quantitative estimate of drug-likeness (QED) is 0.387. The first kappa shape index (κ1) is 33.6. The fraction of sp³-hybridized carbons (Fsp3) is 0.538. The van der Waals surface area contributed by atoms with Crippen LogP contribution in [-0.4, -0.2) is 93.9 Å². The predicted molar refractivity (Wildman–Crippen MR) is 155 cm³/mol. The number of rotatable bonds is 10. The van der Waals surface area contributed by atoms with Crippen molar-refractivity contribution >= 4 is 38.5 Å². The zero-order valence-electron chi connectivity index (χ0n) is 23.6. The Bertz CT molecular complexity index is 1420. The molecule has 2 aromatic carbocycles. The highest BCUT2D eigenvalue weighted by Gasteiger charge is 2.51. The number of anilines is 1. The average Bonchev–Trinajstić information content (AvgIpc) is 2.87. The summed E-state index contributed by atoms with van der Waals surface area (Å²) in [7, 11) is -5.06. The zero-order chi connectivity index (χ0) is 31.0. The number of nitrogens with zero attached hydrogens (tertiary/aromatic N) is 4. The SMILES string of the molecule is CC(C)CN(C[C@H]1CN(S(=O)(=O)c2ccccc2S)CCN1c1ccc(C(C)(O)C(F)(F)F)cc1)S(=O)(=O)N(C)C. The Morgan fingerprint density at radius 3 is 2.12 bits per heavy atom. The summed E-state index contributed by atoms with van der Waals surface area (Å²) < 4.78 is 97.5. The lowest BCUT2D eigenvalue weighted by molar-refractivity contribution is -0.258. The third-order valence-electron chi connectivity index (χ3n) is 7.01. The maximum absolute atomic E-state index is 13.6. The molecule has 1 fully saturated rings. The van der Waals surface area contributed by atoms with E-state index in [1.807, 2.05) is 13.8 Å². The molecule has 1 heterocycles. The first-order valence-corrected chi connectivity index (χ1v) is 16.2. The topological polar surface area (TPSA) is 101 Å². The summed E-state index contributed by atoms with van der Waals surface area (Å²) in [5.74, 6) is -0.0402. The molecule has 1 unspecified atom stereocenters. The zero-order valence-corrected chi connectivity index (χ0v) is 26.1.